The van der Waals surface area contributed by atoms with Crippen LogP contribution < -0.4 is 15.2 Å². The molecule has 1 aliphatic rings. The number of anilines is 1. The molecule has 1 heterocycles. The van der Waals surface area contributed by atoms with Crippen molar-refractivity contribution in [3.63, 3.8) is 0 Å². The zero-order valence-electron chi connectivity index (χ0n) is 17.4. The van der Waals surface area contributed by atoms with Gasteiger partial charge in [0.05, 0.1) is 15.6 Å². The molecule has 0 radical (unpaired) electrons. The molecule has 0 atom stereocenters. The molecule has 166 valence electrons. The van der Waals surface area contributed by atoms with Crippen molar-refractivity contribution in [2.24, 2.45) is 0 Å². The van der Waals surface area contributed by atoms with E-state index in [-0.39, 0.29) is 34.2 Å². The number of rotatable bonds is 6. The molecule has 2 amide bonds. The molecule has 8 nitrogen and oxygen atoms in total. The van der Waals surface area contributed by atoms with Crippen LogP contribution in [0.1, 0.15) is 16.7 Å². The van der Waals surface area contributed by atoms with Crippen molar-refractivity contribution in [1.82, 2.24) is 5.43 Å². The van der Waals surface area contributed by atoms with E-state index < -0.39 is 16.7 Å². The van der Waals surface area contributed by atoms with E-state index in [0.29, 0.717) is 5.69 Å². The van der Waals surface area contributed by atoms with Gasteiger partial charge in [0.15, 0.2) is 0 Å². The minimum Gasteiger partial charge on any atom is -0.481 e. The number of amides is 2. The van der Waals surface area contributed by atoms with Crippen LogP contribution in [0, 0.1) is 17.0 Å². The third-order valence-electron chi connectivity index (χ3n) is 4.93. The number of hydrogen-bond acceptors (Lipinski definition) is 5. The van der Waals surface area contributed by atoms with Crippen LogP contribution in [-0.2, 0) is 16.2 Å². The van der Waals surface area contributed by atoms with Crippen molar-refractivity contribution in [2.75, 3.05) is 5.01 Å². The molecular formula is C24H18ClN3O5. The standard InChI is InChI=1S/C24H18ClN3O5/c1-15-6-5-7-16(10-15)14-33-22-20(25)12-17(13-21(22)28(31)32)11-19-23(29)26-27(24(19)30)18-8-3-2-4-9-18/h2-13H,14H2,1H3,(H,26,29)/b19-11-. The van der Waals surface area contributed by atoms with Crippen LogP contribution in [0.5, 0.6) is 5.75 Å². The van der Waals surface area contributed by atoms with Crippen molar-refractivity contribution in [2.45, 2.75) is 13.5 Å². The number of nitro benzene ring substituents is 1. The molecule has 1 aliphatic heterocycles. The fourth-order valence-corrected chi connectivity index (χ4v) is 3.68. The Labute approximate surface area is 194 Å². The van der Waals surface area contributed by atoms with Gasteiger partial charge in [0, 0.05) is 6.07 Å². The van der Waals surface area contributed by atoms with Gasteiger partial charge in [-0.25, -0.2) is 5.01 Å². The number of nitrogens with one attached hydrogen (secondary N) is 1. The molecule has 0 aromatic heterocycles. The lowest BCUT2D eigenvalue weighted by atomic mass is 10.1. The second-order valence-corrected chi connectivity index (χ2v) is 7.77. The van der Waals surface area contributed by atoms with Gasteiger partial charge < -0.3 is 4.74 Å². The van der Waals surface area contributed by atoms with E-state index in [1.807, 2.05) is 31.2 Å². The first-order valence-corrected chi connectivity index (χ1v) is 10.3. The lowest BCUT2D eigenvalue weighted by molar-refractivity contribution is -0.385. The molecule has 1 N–H and O–H groups in total. The highest BCUT2D eigenvalue weighted by molar-refractivity contribution is 6.33. The fraction of sp³-hybridized carbons (Fsp3) is 0.0833. The van der Waals surface area contributed by atoms with Gasteiger partial charge in [-0.05, 0) is 42.3 Å². The maximum absolute atomic E-state index is 12.8. The smallest absolute Gasteiger partial charge is 0.313 e. The first-order chi connectivity index (χ1) is 15.8. The highest BCUT2D eigenvalue weighted by Crippen LogP contribution is 2.37. The van der Waals surface area contributed by atoms with Crippen molar-refractivity contribution >= 4 is 40.9 Å². The monoisotopic (exact) mass is 463 g/mol. The minimum absolute atomic E-state index is 0.00512. The maximum atomic E-state index is 12.8. The average Bonchev–Trinajstić information content (AvgIpc) is 3.07. The quantitative estimate of drug-likeness (QED) is 0.249. The Morgan fingerprint density at radius 1 is 1.09 bits per heavy atom. The molecule has 0 spiro atoms. The maximum Gasteiger partial charge on any atom is 0.313 e. The van der Waals surface area contributed by atoms with Crippen LogP contribution in [-0.4, -0.2) is 16.7 Å². The number of para-hydroxylation sites is 1. The average molecular weight is 464 g/mol. The minimum atomic E-state index is -0.623. The number of carbonyl (C=O) groups is 2. The zero-order chi connectivity index (χ0) is 23.5. The summed E-state index contributed by atoms with van der Waals surface area (Å²) in [5.41, 5.74) is 4.52. The molecule has 1 fully saturated rings. The lowest BCUT2D eigenvalue weighted by Gasteiger charge is -2.13. The van der Waals surface area contributed by atoms with Gasteiger partial charge in [0.1, 0.15) is 12.2 Å². The van der Waals surface area contributed by atoms with Crippen molar-refractivity contribution < 1.29 is 19.2 Å². The Morgan fingerprint density at radius 2 is 1.85 bits per heavy atom. The molecule has 0 aliphatic carbocycles. The normalized spacial score (nSPS) is 14.5. The van der Waals surface area contributed by atoms with Crippen LogP contribution in [0.2, 0.25) is 5.02 Å². The highest BCUT2D eigenvalue weighted by atomic mass is 35.5. The summed E-state index contributed by atoms with van der Waals surface area (Å²) in [4.78, 5) is 36.2. The van der Waals surface area contributed by atoms with Gasteiger partial charge in [-0.1, -0.05) is 59.6 Å². The Bertz CT molecular complexity index is 1290. The topological polar surface area (TPSA) is 102 Å². The zero-order valence-corrected chi connectivity index (χ0v) is 18.2. The SMILES string of the molecule is Cc1cccc(COc2c(Cl)cc(/C=C3/C(=O)NN(c4ccccc4)C3=O)cc2[N+](=O)[O-])c1. The van der Waals surface area contributed by atoms with Gasteiger partial charge in [0.25, 0.3) is 11.8 Å². The van der Waals surface area contributed by atoms with Gasteiger partial charge >= 0.3 is 5.69 Å². The first kappa shape index (κ1) is 22.0. The molecule has 33 heavy (non-hydrogen) atoms. The van der Waals surface area contributed by atoms with Crippen LogP contribution in [0.25, 0.3) is 6.08 Å². The molecule has 3 aromatic rings. The van der Waals surface area contributed by atoms with E-state index in [1.54, 1.807) is 30.3 Å². The number of ether oxygens (including phenoxy) is 1. The number of nitro groups is 1. The Balaban J connectivity index is 1.63. The van der Waals surface area contributed by atoms with E-state index in [2.05, 4.69) is 5.43 Å². The third-order valence-corrected chi connectivity index (χ3v) is 5.21. The molecule has 0 saturated carbocycles. The van der Waals surface area contributed by atoms with E-state index in [4.69, 9.17) is 16.3 Å². The van der Waals surface area contributed by atoms with Crippen molar-refractivity contribution in [1.29, 1.82) is 0 Å². The summed E-state index contributed by atoms with van der Waals surface area (Å²) in [5, 5.41) is 12.8. The van der Waals surface area contributed by atoms with E-state index in [1.165, 1.54) is 18.2 Å². The van der Waals surface area contributed by atoms with Crippen LogP contribution in [0.15, 0.2) is 72.3 Å². The molecule has 0 unspecified atom stereocenters. The van der Waals surface area contributed by atoms with E-state index in [9.17, 15) is 19.7 Å². The summed E-state index contributed by atoms with van der Waals surface area (Å²) < 4.78 is 5.66. The summed E-state index contributed by atoms with van der Waals surface area (Å²) in [6, 6.07) is 18.8. The van der Waals surface area contributed by atoms with Crippen molar-refractivity contribution in [3.8, 4) is 5.75 Å². The molecule has 0 bridgehead atoms. The second kappa shape index (κ2) is 9.13. The highest BCUT2D eigenvalue weighted by Gasteiger charge is 2.34. The number of halogens is 1. The van der Waals surface area contributed by atoms with E-state index in [0.717, 1.165) is 16.1 Å². The molecular weight excluding hydrogens is 446 g/mol. The molecule has 3 aromatic carbocycles. The molecule has 1 saturated heterocycles. The summed E-state index contributed by atoms with van der Waals surface area (Å²) in [6.45, 7) is 2.02. The van der Waals surface area contributed by atoms with Gasteiger partial charge in [-0.15, -0.1) is 0 Å². The van der Waals surface area contributed by atoms with Gasteiger partial charge in [-0.3, -0.25) is 25.1 Å². The van der Waals surface area contributed by atoms with Crippen LogP contribution in [0.4, 0.5) is 11.4 Å². The summed E-state index contributed by atoms with van der Waals surface area (Å²) in [5.74, 6) is -1.29. The second-order valence-electron chi connectivity index (χ2n) is 7.36. The first-order valence-electron chi connectivity index (χ1n) is 9.92. The Morgan fingerprint density at radius 3 is 2.55 bits per heavy atom. The van der Waals surface area contributed by atoms with Gasteiger partial charge in [0.2, 0.25) is 5.75 Å². The van der Waals surface area contributed by atoms with Crippen molar-refractivity contribution in [3.05, 3.63) is 104 Å². The Hall–Kier alpha value is -4.17. The predicted octanol–water partition coefficient (Wildman–Crippen LogP) is 4.60. The van der Waals surface area contributed by atoms with E-state index >= 15 is 0 Å². The Kier molecular flexibility index (Phi) is 6.10. The number of hydrogen-bond donors (Lipinski definition) is 1. The number of hydrazine groups is 1. The summed E-state index contributed by atoms with van der Waals surface area (Å²) in [6.07, 6.45) is 1.27. The largest absolute Gasteiger partial charge is 0.481 e. The number of nitrogens with zero attached hydrogens (tertiary/aromatic N) is 2. The van der Waals surface area contributed by atoms with Gasteiger partial charge in [-0.2, -0.15) is 0 Å². The van der Waals surface area contributed by atoms with Crippen LogP contribution in [0.3, 0.4) is 0 Å². The van der Waals surface area contributed by atoms with Crippen LogP contribution >= 0.6 is 11.6 Å². The fourth-order valence-electron chi connectivity index (χ4n) is 3.40. The summed E-state index contributed by atoms with van der Waals surface area (Å²) in [7, 11) is 0. The molecule has 9 heteroatoms. The predicted molar refractivity (Wildman–Crippen MR) is 124 cm³/mol. The number of benzene rings is 3. The number of carbonyl (C=O) groups excluding carboxylic acids is 2. The third kappa shape index (κ3) is 4.70. The summed E-state index contributed by atoms with van der Waals surface area (Å²) >= 11 is 6.30. The number of aryl methyl sites for hydroxylation is 1. The molecule has 4 rings (SSSR count). The lowest BCUT2D eigenvalue weighted by Crippen LogP contribution is -2.35.